The van der Waals surface area contributed by atoms with Crippen molar-refractivity contribution in [2.75, 3.05) is 26.7 Å². The first-order valence-corrected chi connectivity index (χ1v) is 4.79. The lowest BCUT2D eigenvalue weighted by atomic mass is 10.1. The van der Waals surface area contributed by atoms with Crippen molar-refractivity contribution in [3.05, 3.63) is 0 Å². The molecule has 0 aromatic carbocycles. The zero-order valence-electron chi connectivity index (χ0n) is 8.36. The maximum atomic E-state index is 11.5. The number of rotatable bonds is 4. The predicted octanol–water partition coefficient (Wildman–Crippen LogP) is 0.515. The highest BCUT2D eigenvalue weighted by atomic mass is 16.3. The Morgan fingerprint density at radius 3 is 2.69 bits per heavy atom. The third-order valence-corrected chi connectivity index (χ3v) is 2.56. The second kappa shape index (κ2) is 4.46. The van der Waals surface area contributed by atoms with Crippen molar-refractivity contribution in [3.8, 4) is 0 Å². The van der Waals surface area contributed by atoms with Crippen LogP contribution in [-0.2, 0) is 0 Å². The number of hydrogen-bond donors (Lipinski definition) is 1. The third kappa shape index (κ3) is 2.34. The van der Waals surface area contributed by atoms with Crippen LogP contribution in [0, 0.1) is 0 Å². The Kier molecular flexibility index (Phi) is 3.54. The molecule has 2 amide bonds. The molecule has 76 valence electrons. The van der Waals surface area contributed by atoms with Gasteiger partial charge in [-0.3, -0.25) is 0 Å². The van der Waals surface area contributed by atoms with E-state index < -0.39 is 0 Å². The van der Waals surface area contributed by atoms with Crippen molar-refractivity contribution in [3.63, 3.8) is 0 Å². The molecule has 0 aliphatic carbocycles. The lowest BCUT2D eigenvalue weighted by molar-refractivity contribution is 0.178. The third-order valence-electron chi connectivity index (χ3n) is 2.56. The molecule has 4 heteroatoms. The van der Waals surface area contributed by atoms with Gasteiger partial charge in [0.15, 0.2) is 0 Å². The average molecular weight is 186 g/mol. The summed E-state index contributed by atoms with van der Waals surface area (Å²) in [5.74, 6) is 0. The van der Waals surface area contributed by atoms with Gasteiger partial charge in [-0.25, -0.2) is 4.79 Å². The lowest BCUT2D eigenvalue weighted by Gasteiger charge is -2.23. The SMILES string of the molecule is CC(CCCO)N1CCN(C)C1=O. The van der Waals surface area contributed by atoms with Gasteiger partial charge in [-0.15, -0.1) is 0 Å². The zero-order chi connectivity index (χ0) is 9.84. The molecule has 13 heavy (non-hydrogen) atoms. The van der Waals surface area contributed by atoms with E-state index in [-0.39, 0.29) is 18.7 Å². The summed E-state index contributed by atoms with van der Waals surface area (Å²) in [6.07, 6.45) is 1.66. The zero-order valence-corrected chi connectivity index (χ0v) is 8.36. The number of carbonyl (C=O) groups excluding carboxylic acids is 1. The second-order valence-electron chi connectivity index (χ2n) is 3.61. The molecular weight excluding hydrogens is 168 g/mol. The van der Waals surface area contributed by atoms with Crippen LogP contribution in [0.5, 0.6) is 0 Å². The molecule has 1 atom stereocenters. The van der Waals surface area contributed by atoms with E-state index in [4.69, 9.17) is 5.11 Å². The van der Waals surface area contributed by atoms with Crippen molar-refractivity contribution >= 4 is 6.03 Å². The standard InChI is InChI=1S/C9H18N2O2/c1-8(4-3-7-12)11-6-5-10(2)9(11)13/h8,12H,3-7H2,1-2H3. The van der Waals surface area contributed by atoms with Crippen molar-refractivity contribution in [1.82, 2.24) is 9.80 Å². The largest absolute Gasteiger partial charge is 0.396 e. The van der Waals surface area contributed by atoms with Crippen LogP contribution in [0.1, 0.15) is 19.8 Å². The molecule has 1 aliphatic heterocycles. The van der Waals surface area contributed by atoms with Crippen LogP contribution in [0.15, 0.2) is 0 Å². The van der Waals surface area contributed by atoms with E-state index in [2.05, 4.69) is 0 Å². The van der Waals surface area contributed by atoms with E-state index in [0.717, 1.165) is 25.9 Å². The van der Waals surface area contributed by atoms with Crippen molar-refractivity contribution in [1.29, 1.82) is 0 Å². The minimum atomic E-state index is 0.116. The Morgan fingerprint density at radius 1 is 1.54 bits per heavy atom. The molecule has 1 saturated heterocycles. The Morgan fingerprint density at radius 2 is 2.23 bits per heavy atom. The van der Waals surface area contributed by atoms with Gasteiger partial charge in [0.1, 0.15) is 0 Å². The predicted molar refractivity (Wildman–Crippen MR) is 50.5 cm³/mol. The first-order valence-electron chi connectivity index (χ1n) is 4.79. The quantitative estimate of drug-likeness (QED) is 0.695. The summed E-state index contributed by atoms with van der Waals surface area (Å²) in [5, 5.41) is 8.66. The van der Waals surface area contributed by atoms with Crippen LogP contribution in [0.25, 0.3) is 0 Å². The van der Waals surface area contributed by atoms with Gasteiger partial charge in [-0.2, -0.15) is 0 Å². The number of hydrogen-bond acceptors (Lipinski definition) is 2. The number of nitrogens with zero attached hydrogens (tertiary/aromatic N) is 2. The summed E-state index contributed by atoms with van der Waals surface area (Å²) in [6.45, 7) is 3.89. The van der Waals surface area contributed by atoms with E-state index in [1.54, 1.807) is 4.90 Å². The molecule has 0 spiro atoms. The number of carbonyl (C=O) groups is 1. The second-order valence-corrected chi connectivity index (χ2v) is 3.61. The van der Waals surface area contributed by atoms with Crippen LogP contribution in [-0.4, -0.2) is 53.7 Å². The number of aliphatic hydroxyl groups is 1. The van der Waals surface area contributed by atoms with Gasteiger partial charge in [0.05, 0.1) is 0 Å². The fourth-order valence-corrected chi connectivity index (χ4v) is 1.62. The summed E-state index contributed by atoms with van der Waals surface area (Å²) in [4.78, 5) is 15.1. The molecule has 1 aliphatic rings. The van der Waals surface area contributed by atoms with Gasteiger partial charge in [-0.1, -0.05) is 0 Å². The maximum absolute atomic E-state index is 11.5. The topological polar surface area (TPSA) is 43.8 Å². The summed E-state index contributed by atoms with van der Waals surface area (Å²) in [6, 6.07) is 0.370. The molecular formula is C9H18N2O2. The molecule has 4 nitrogen and oxygen atoms in total. The smallest absolute Gasteiger partial charge is 0.320 e. The van der Waals surface area contributed by atoms with E-state index in [1.165, 1.54) is 0 Å². The van der Waals surface area contributed by atoms with Crippen molar-refractivity contribution in [2.45, 2.75) is 25.8 Å². The normalized spacial score (nSPS) is 19.8. The molecule has 0 aromatic heterocycles. The molecule has 0 bridgehead atoms. The van der Waals surface area contributed by atoms with Crippen molar-refractivity contribution < 1.29 is 9.90 Å². The van der Waals surface area contributed by atoms with Gasteiger partial charge < -0.3 is 14.9 Å². The molecule has 1 N–H and O–H groups in total. The molecule has 1 heterocycles. The van der Waals surface area contributed by atoms with Crippen LogP contribution in [0.3, 0.4) is 0 Å². The van der Waals surface area contributed by atoms with Crippen LogP contribution in [0.2, 0.25) is 0 Å². The Bertz CT molecular complexity index is 184. The summed E-state index contributed by atoms with van der Waals surface area (Å²) in [7, 11) is 1.82. The number of urea groups is 1. The van der Waals surface area contributed by atoms with Crippen LogP contribution < -0.4 is 0 Å². The number of amides is 2. The van der Waals surface area contributed by atoms with E-state index in [1.807, 2.05) is 18.9 Å². The summed E-state index contributed by atoms with van der Waals surface area (Å²) in [5.41, 5.74) is 0. The fourth-order valence-electron chi connectivity index (χ4n) is 1.62. The van der Waals surface area contributed by atoms with Gasteiger partial charge in [0, 0.05) is 32.8 Å². The number of aliphatic hydroxyl groups excluding tert-OH is 1. The van der Waals surface area contributed by atoms with Gasteiger partial charge >= 0.3 is 6.03 Å². The van der Waals surface area contributed by atoms with E-state index in [0.29, 0.717) is 0 Å². The van der Waals surface area contributed by atoms with E-state index in [9.17, 15) is 4.79 Å². The Hall–Kier alpha value is -0.770. The molecule has 1 rings (SSSR count). The Balaban J connectivity index is 2.39. The first-order chi connectivity index (χ1) is 6.16. The summed E-state index contributed by atoms with van der Waals surface area (Å²) < 4.78 is 0. The molecule has 1 unspecified atom stereocenters. The highest BCUT2D eigenvalue weighted by Crippen LogP contribution is 2.13. The van der Waals surface area contributed by atoms with Crippen LogP contribution >= 0.6 is 0 Å². The highest BCUT2D eigenvalue weighted by molar-refractivity contribution is 5.76. The van der Waals surface area contributed by atoms with Gasteiger partial charge in [0.2, 0.25) is 0 Å². The minimum Gasteiger partial charge on any atom is -0.396 e. The van der Waals surface area contributed by atoms with Gasteiger partial charge in [-0.05, 0) is 19.8 Å². The lowest BCUT2D eigenvalue weighted by Crippen LogP contribution is -2.36. The van der Waals surface area contributed by atoms with Crippen molar-refractivity contribution in [2.24, 2.45) is 0 Å². The summed E-state index contributed by atoms with van der Waals surface area (Å²) >= 11 is 0. The monoisotopic (exact) mass is 186 g/mol. The van der Waals surface area contributed by atoms with Gasteiger partial charge in [0.25, 0.3) is 0 Å². The molecule has 1 fully saturated rings. The molecule has 0 aromatic rings. The van der Waals surface area contributed by atoms with E-state index >= 15 is 0 Å². The molecule has 0 saturated carbocycles. The maximum Gasteiger partial charge on any atom is 0.320 e. The fraction of sp³-hybridized carbons (Fsp3) is 0.889. The average Bonchev–Trinajstić information content (AvgIpc) is 2.44. The first kappa shape index (κ1) is 10.3. The van der Waals surface area contributed by atoms with Crippen LogP contribution in [0.4, 0.5) is 4.79 Å². The minimum absolute atomic E-state index is 0.116. The Labute approximate surface area is 79.1 Å². The molecule has 0 radical (unpaired) electrons. The number of likely N-dealkylation sites (N-methyl/N-ethyl adjacent to an activating group) is 1. The highest BCUT2D eigenvalue weighted by Gasteiger charge is 2.28.